The van der Waals surface area contributed by atoms with Crippen LogP contribution in [0.3, 0.4) is 0 Å². The number of thiazole rings is 1. The van der Waals surface area contributed by atoms with E-state index >= 15 is 0 Å². The zero-order chi connectivity index (χ0) is 13.7. The van der Waals surface area contributed by atoms with Crippen molar-refractivity contribution in [3.05, 3.63) is 18.2 Å². The molecule has 0 saturated carbocycles. The Hall–Kier alpha value is -0.780. The smallest absolute Gasteiger partial charge is 0.224 e. The maximum absolute atomic E-state index is 11.7. The van der Waals surface area contributed by atoms with Crippen LogP contribution < -0.4 is 5.32 Å². The lowest BCUT2D eigenvalue weighted by molar-refractivity contribution is -0.116. The summed E-state index contributed by atoms with van der Waals surface area (Å²) in [6.07, 6.45) is 4.23. The van der Waals surface area contributed by atoms with Crippen LogP contribution in [0.25, 0.3) is 10.2 Å². The van der Waals surface area contributed by atoms with Crippen LogP contribution >= 0.6 is 34.7 Å². The molecule has 1 N–H and O–H groups in total. The fourth-order valence-corrected chi connectivity index (χ4v) is 3.39. The maximum Gasteiger partial charge on any atom is 0.224 e. The number of amides is 1. The van der Waals surface area contributed by atoms with Crippen molar-refractivity contribution >= 4 is 56.5 Å². The van der Waals surface area contributed by atoms with Crippen molar-refractivity contribution in [2.24, 2.45) is 0 Å². The van der Waals surface area contributed by atoms with E-state index in [1.54, 1.807) is 23.1 Å². The second kappa shape index (κ2) is 7.12. The molecule has 1 amide bonds. The topological polar surface area (TPSA) is 42.0 Å². The molecular formula is C13H15ClN2OS2. The Morgan fingerprint density at radius 1 is 1.47 bits per heavy atom. The second-order valence-corrected chi connectivity index (χ2v) is 6.52. The van der Waals surface area contributed by atoms with Gasteiger partial charge in [-0.05, 0) is 37.3 Å². The molecule has 1 heterocycles. The van der Waals surface area contributed by atoms with Crippen molar-refractivity contribution in [3.63, 3.8) is 0 Å². The molecule has 2 aromatic rings. The van der Waals surface area contributed by atoms with Crippen LogP contribution in [0.2, 0.25) is 0 Å². The quantitative estimate of drug-likeness (QED) is 0.489. The molecule has 19 heavy (non-hydrogen) atoms. The van der Waals surface area contributed by atoms with Crippen molar-refractivity contribution in [1.82, 2.24) is 4.98 Å². The number of unbranched alkanes of at least 4 members (excludes halogenated alkanes) is 1. The van der Waals surface area contributed by atoms with Gasteiger partial charge in [0, 0.05) is 18.0 Å². The third kappa shape index (κ3) is 4.09. The summed E-state index contributed by atoms with van der Waals surface area (Å²) < 4.78 is 2.14. The zero-order valence-corrected chi connectivity index (χ0v) is 13.0. The van der Waals surface area contributed by atoms with Crippen molar-refractivity contribution in [2.45, 2.75) is 23.6 Å². The molecule has 0 radical (unpaired) electrons. The van der Waals surface area contributed by atoms with E-state index in [0.717, 1.165) is 33.1 Å². The fraction of sp³-hybridized carbons (Fsp3) is 0.385. The molecule has 0 spiro atoms. The molecule has 0 saturated heterocycles. The molecule has 0 fully saturated rings. The molecule has 2 rings (SSSR count). The largest absolute Gasteiger partial charge is 0.326 e. The van der Waals surface area contributed by atoms with Crippen molar-refractivity contribution in [1.29, 1.82) is 0 Å². The van der Waals surface area contributed by atoms with Gasteiger partial charge in [0.15, 0.2) is 4.34 Å². The van der Waals surface area contributed by atoms with E-state index in [1.807, 2.05) is 24.5 Å². The van der Waals surface area contributed by atoms with Gasteiger partial charge in [0.25, 0.3) is 0 Å². The predicted octanol–water partition coefficient (Wildman–Crippen LogP) is 4.37. The van der Waals surface area contributed by atoms with Gasteiger partial charge >= 0.3 is 0 Å². The molecule has 102 valence electrons. The summed E-state index contributed by atoms with van der Waals surface area (Å²) in [5.74, 6) is 0.650. The average molecular weight is 315 g/mol. The van der Waals surface area contributed by atoms with E-state index in [0.29, 0.717) is 12.3 Å². The SMILES string of the molecule is CSc1nc2ccc(NC(=O)CCCCCl)cc2s1. The van der Waals surface area contributed by atoms with Gasteiger partial charge in [-0.2, -0.15) is 0 Å². The van der Waals surface area contributed by atoms with Crippen LogP contribution in [0.15, 0.2) is 22.5 Å². The number of fused-ring (bicyclic) bond motifs is 1. The Bertz CT molecular complexity index is 571. The number of carbonyl (C=O) groups is 1. The summed E-state index contributed by atoms with van der Waals surface area (Å²) in [6, 6.07) is 5.82. The first-order valence-electron chi connectivity index (χ1n) is 6.03. The first-order valence-corrected chi connectivity index (χ1v) is 8.61. The molecule has 6 heteroatoms. The number of thioether (sulfide) groups is 1. The minimum atomic E-state index is 0.0408. The van der Waals surface area contributed by atoms with E-state index < -0.39 is 0 Å². The highest BCUT2D eigenvalue weighted by Gasteiger charge is 2.06. The van der Waals surface area contributed by atoms with E-state index in [9.17, 15) is 4.79 Å². The minimum Gasteiger partial charge on any atom is -0.326 e. The van der Waals surface area contributed by atoms with Gasteiger partial charge in [0.1, 0.15) is 0 Å². The van der Waals surface area contributed by atoms with E-state index in [2.05, 4.69) is 10.3 Å². The van der Waals surface area contributed by atoms with Crippen molar-refractivity contribution in [2.75, 3.05) is 17.5 Å². The maximum atomic E-state index is 11.7. The van der Waals surface area contributed by atoms with Gasteiger partial charge < -0.3 is 5.32 Å². The van der Waals surface area contributed by atoms with Crippen molar-refractivity contribution < 1.29 is 4.79 Å². The summed E-state index contributed by atoms with van der Waals surface area (Å²) in [5.41, 5.74) is 1.81. The predicted molar refractivity (Wildman–Crippen MR) is 84.6 cm³/mol. The lowest BCUT2D eigenvalue weighted by Gasteiger charge is -2.04. The molecule has 1 aromatic heterocycles. The van der Waals surface area contributed by atoms with Gasteiger partial charge in [-0.3, -0.25) is 4.79 Å². The Kier molecular flexibility index (Phi) is 5.48. The fourth-order valence-electron chi connectivity index (χ4n) is 1.67. The second-order valence-electron chi connectivity index (χ2n) is 4.06. The Morgan fingerprint density at radius 2 is 2.32 bits per heavy atom. The third-order valence-electron chi connectivity index (χ3n) is 2.61. The first kappa shape index (κ1) is 14.6. The van der Waals surface area contributed by atoms with Crippen molar-refractivity contribution in [3.8, 4) is 0 Å². The Morgan fingerprint density at radius 3 is 3.05 bits per heavy atom. The summed E-state index contributed by atoms with van der Waals surface area (Å²) >= 11 is 8.87. The average Bonchev–Trinajstić information content (AvgIpc) is 2.81. The van der Waals surface area contributed by atoms with Crippen LogP contribution in [-0.2, 0) is 4.79 Å². The Balaban J connectivity index is 2.02. The first-order chi connectivity index (χ1) is 9.22. The normalized spacial score (nSPS) is 10.8. The van der Waals surface area contributed by atoms with Crippen LogP contribution in [0.5, 0.6) is 0 Å². The van der Waals surface area contributed by atoms with Crippen LogP contribution in [0.4, 0.5) is 5.69 Å². The lowest BCUT2D eigenvalue weighted by atomic mass is 10.2. The number of carbonyl (C=O) groups excluding carboxylic acids is 1. The number of nitrogens with zero attached hydrogens (tertiary/aromatic N) is 1. The molecule has 0 unspecified atom stereocenters. The molecule has 0 aliphatic heterocycles. The number of halogens is 1. The molecule has 0 bridgehead atoms. The van der Waals surface area contributed by atoms with E-state index in [-0.39, 0.29) is 5.91 Å². The van der Waals surface area contributed by atoms with Crippen LogP contribution in [0, 0.1) is 0 Å². The van der Waals surface area contributed by atoms with Gasteiger partial charge in [-0.25, -0.2) is 4.98 Å². The number of alkyl halides is 1. The van der Waals surface area contributed by atoms with Gasteiger partial charge in [-0.15, -0.1) is 22.9 Å². The van der Waals surface area contributed by atoms with Gasteiger partial charge in [-0.1, -0.05) is 11.8 Å². The highest BCUT2D eigenvalue weighted by Crippen LogP contribution is 2.29. The number of anilines is 1. The standard InChI is InChI=1S/C13H15ClN2OS2/c1-18-13-16-10-6-5-9(8-11(10)19-13)15-12(17)4-2-3-7-14/h5-6,8H,2-4,7H2,1H3,(H,15,17). The molecule has 3 nitrogen and oxygen atoms in total. The number of benzene rings is 1. The molecule has 0 aliphatic rings. The molecular weight excluding hydrogens is 300 g/mol. The summed E-state index contributed by atoms with van der Waals surface area (Å²) in [7, 11) is 0. The minimum absolute atomic E-state index is 0.0408. The number of aromatic nitrogens is 1. The van der Waals surface area contributed by atoms with Gasteiger partial charge in [0.2, 0.25) is 5.91 Å². The highest BCUT2D eigenvalue weighted by molar-refractivity contribution is 8.00. The van der Waals surface area contributed by atoms with Gasteiger partial charge in [0.05, 0.1) is 10.2 Å². The Labute approximate surface area is 125 Å². The molecule has 0 atom stereocenters. The van der Waals surface area contributed by atoms with Crippen LogP contribution in [-0.4, -0.2) is 23.0 Å². The molecule has 1 aromatic carbocycles. The number of hydrogen-bond donors (Lipinski definition) is 1. The van der Waals surface area contributed by atoms with Crippen LogP contribution in [0.1, 0.15) is 19.3 Å². The third-order valence-corrected chi connectivity index (χ3v) is 4.89. The summed E-state index contributed by atoms with van der Waals surface area (Å²) in [6.45, 7) is 0. The molecule has 0 aliphatic carbocycles. The lowest BCUT2D eigenvalue weighted by Crippen LogP contribution is -2.10. The highest BCUT2D eigenvalue weighted by atomic mass is 35.5. The summed E-state index contributed by atoms with van der Waals surface area (Å²) in [4.78, 5) is 16.2. The zero-order valence-electron chi connectivity index (χ0n) is 10.6. The number of rotatable bonds is 6. The van der Waals surface area contributed by atoms with E-state index in [4.69, 9.17) is 11.6 Å². The summed E-state index contributed by atoms with van der Waals surface area (Å²) in [5, 5.41) is 2.91. The van der Waals surface area contributed by atoms with E-state index in [1.165, 1.54) is 0 Å². The monoisotopic (exact) mass is 314 g/mol. The number of nitrogens with one attached hydrogen (secondary N) is 1. The number of hydrogen-bond acceptors (Lipinski definition) is 4.